The molecule has 0 fully saturated rings. The average molecular weight is 436 g/mol. The molecule has 0 spiro atoms. The van der Waals surface area contributed by atoms with Gasteiger partial charge < -0.3 is 10.1 Å². The molecule has 0 saturated heterocycles. The molecule has 2 aromatic carbocycles. The number of anilines is 1. The van der Waals surface area contributed by atoms with Gasteiger partial charge in [0.25, 0.3) is 5.91 Å². The highest BCUT2D eigenvalue weighted by Gasteiger charge is 2.10. The fraction of sp³-hybridized carbons (Fsp3) is 0.286. The summed E-state index contributed by atoms with van der Waals surface area (Å²) >= 11 is 11.8. The molecule has 0 heterocycles. The van der Waals surface area contributed by atoms with Crippen molar-refractivity contribution in [3.05, 3.63) is 57.1 Å². The Balaban J connectivity index is 1.84. The summed E-state index contributed by atoms with van der Waals surface area (Å²) < 4.78 is 5.33. The van der Waals surface area contributed by atoms with Crippen LogP contribution in [0.4, 0.5) is 5.69 Å². The van der Waals surface area contributed by atoms with E-state index in [0.29, 0.717) is 21.5 Å². The van der Waals surface area contributed by atoms with Crippen LogP contribution in [0, 0.1) is 20.8 Å². The van der Waals surface area contributed by atoms with E-state index in [1.807, 2.05) is 32.9 Å². The Hall–Kier alpha value is -2.57. The molecule has 0 saturated carbocycles. The van der Waals surface area contributed by atoms with E-state index < -0.39 is 5.91 Å². The smallest absolute Gasteiger partial charge is 0.277 e. The molecule has 154 valence electrons. The minimum Gasteiger partial charge on any atom is -0.482 e. The third kappa shape index (κ3) is 7.07. The summed E-state index contributed by atoms with van der Waals surface area (Å²) in [5.74, 6) is -0.337. The van der Waals surface area contributed by atoms with Crippen molar-refractivity contribution in [2.24, 2.45) is 5.10 Å². The van der Waals surface area contributed by atoms with Crippen molar-refractivity contribution < 1.29 is 14.3 Å². The first-order chi connectivity index (χ1) is 13.7. The third-order valence-electron chi connectivity index (χ3n) is 3.98. The van der Waals surface area contributed by atoms with Gasteiger partial charge in [-0.25, -0.2) is 5.43 Å². The Labute approximate surface area is 180 Å². The van der Waals surface area contributed by atoms with E-state index >= 15 is 0 Å². The lowest BCUT2D eigenvalue weighted by Crippen LogP contribution is -2.26. The van der Waals surface area contributed by atoms with Crippen LogP contribution < -0.4 is 15.5 Å². The second-order valence-corrected chi connectivity index (χ2v) is 7.59. The highest BCUT2D eigenvalue weighted by Crippen LogP contribution is 2.27. The van der Waals surface area contributed by atoms with Crippen molar-refractivity contribution in [1.29, 1.82) is 0 Å². The maximum Gasteiger partial charge on any atom is 0.277 e. The summed E-state index contributed by atoms with van der Waals surface area (Å²) in [5, 5.41) is 7.62. The molecule has 29 heavy (non-hydrogen) atoms. The molecule has 2 amide bonds. The van der Waals surface area contributed by atoms with Crippen LogP contribution in [0.15, 0.2) is 35.4 Å². The van der Waals surface area contributed by atoms with Gasteiger partial charge in [0.1, 0.15) is 5.75 Å². The van der Waals surface area contributed by atoms with Gasteiger partial charge in [0.05, 0.1) is 11.4 Å². The van der Waals surface area contributed by atoms with Crippen LogP contribution in [0.5, 0.6) is 5.75 Å². The zero-order valence-corrected chi connectivity index (χ0v) is 18.2. The minimum absolute atomic E-state index is 0.0525. The van der Waals surface area contributed by atoms with Crippen molar-refractivity contribution in [2.75, 3.05) is 11.9 Å². The molecule has 2 N–H and O–H groups in total. The first kappa shape index (κ1) is 22.7. The molecule has 6 nitrogen and oxygen atoms in total. The number of halogens is 2. The Kier molecular flexibility index (Phi) is 8.05. The van der Waals surface area contributed by atoms with Gasteiger partial charge in [-0.3, -0.25) is 9.59 Å². The van der Waals surface area contributed by atoms with Crippen LogP contribution in [-0.4, -0.2) is 24.1 Å². The second kappa shape index (κ2) is 10.3. The standard InChI is InChI=1S/C21H23Cl2N3O3/c1-12-7-13(2)21(14(3)8-12)24-19(27)9-15(4)25-26-20(28)11-29-18-6-5-16(22)10-17(18)23/h5-8,10H,9,11H2,1-4H3,(H,24,27)(H,26,28)/b25-15+. The van der Waals surface area contributed by atoms with Gasteiger partial charge in [0.15, 0.2) is 6.61 Å². The molecular formula is C21H23Cl2N3O3. The molecule has 8 heteroatoms. The van der Waals surface area contributed by atoms with Gasteiger partial charge in [0.2, 0.25) is 5.91 Å². The number of aryl methyl sites for hydroxylation is 3. The first-order valence-corrected chi connectivity index (χ1v) is 9.69. The number of hydrazone groups is 1. The number of amides is 2. The number of nitrogens with zero attached hydrogens (tertiary/aromatic N) is 1. The molecular weight excluding hydrogens is 413 g/mol. The molecule has 0 aliphatic heterocycles. The fourth-order valence-corrected chi connectivity index (χ4v) is 3.22. The van der Waals surface area contributed by atoms with Crippen molar-refractivity contribution >= 4 is 46.4 Å². The Morgan fingerprint density at radius 2 is 1.69 bits per heavy atom. The van der Waals surface area contributed by atoms with Crippen molar-refractivity contribution in [3.8, 4) is 5.75 Å². The largest absolute Gasteiger partial charge is 0.482 e. The van der Waals surface area contributed by atoms with Gasteiger partial charge in [0, 0.05) is 16.4 Å². The van der Waals surface area contributed by atoms with Crippen molar-refractivity contribution in [2.45, 2.75) is 34.1 Å². The van der Waals surface area contributed by atoms with Gasteiger partial charge in [-0.1, -0.05) is 40.9 Å². The SMILES string of the molecule is C/C(CC(=O)Nc1c(C)cc(C)cc1C)=N\NC(=O)COc1ccc(Cl)cc1Cl. The number of nitrogens with one attached hydrogen (secondary N) is 2. The summed E-state index contributed by atoms with van der Waals surface area (Å²) in [5.41, 5.74) is 6.75. The number of ether oxygens (including phenoxy) is 1. The van der Waals surface area contributed by atoms with E-state index in [1.165, 1.54) is 6.07 Å². The van der Waals surface area contributed by atoms with E-state index in [0.717, 1.165) is 22.4 Å². The lowest BCUT2D eigenvalue weighted by atomic mass is 10.0. The summed E-state index contributed by atoms with van der Waals surface area (Å²) in [6.07, 6.45) is 0.0525. The summed E-state index contributed by atoms with van der Waals surface area (Å²) in [7, 11) is 0. The minimum atomic E-state index is -0.471. The Bertz CT molecular complexity index is 935. The second-order valence-electron chi connectivity index (χ2n) is 6.74. The number of rotatable bonds is 7. The number of carbonyl (C=O) groups excluding carboxylic acids is 2. The summed E-state index contributed by atoms with van der Waals surface area (Å²) in [6.45, 7) is 7.29. The van der Waals surface area contributed by atoms with Crippen LogP contribution in [0.25, 0.3) is 0 Å². The lowest BCUT2D eigenvalue weighted by molar-refractivity contribution is -0.123. The maximum absolute atomic E-state index is 12.3. The highest BCUT2D eigenvalue weighted by atomic mass is 35.5. The lowest BCUT2D eigenvalue weighted by Gasteiger charge is -2.13. The Morgan fingerprint density at radius 3 is 2.31 bits per heavy atom. The molecule has 0 unspecified atom stereocenters. The van der Waals surface area contributed by atoms with Crippen LogP contribution in [0.2, 0.25) is 10.0 Å². The van der Waals surface area contributed by atoms with E-state index in [2.05, 4.69) is 15.8 Å². The molecule has 0 aromatic heterocycles. The first-order valence-electron chi connectivity index (χ1n) is 8.93. The normalized spacial score (nSPS) is 11.2. The number of benzene rings is 2. The average Bonchev–Trinajstić information content (AvgIpc) is 2.62. The van der Waals surface area contributed by atoms with Crippen LogP contribution in [0.3, 0.4) is 0 Å². The van der Waals surface area contributed by atoms with Crippen LogP contribution in [-0.2, 0) is 9.59 Å². The summed E-state index contributed by atoms with van der Waals surface area (Å²) in [6, 6.07) is 8.73. The molecule has 0 aliphatic rings. The molecule has 0 radical (unpaired) electrons. The quantitative estimate of drug-likeness (QED) is 0.483. The molecule has 0 aliphatic carbocycles. The number of carbonyl (C=O) groups is 2. The molecule has 2 aromatic rings. The third-order valence-corrected chi connectivity index (χ3v) is 4.51. The molecule has 0 bridgehead atoms. The van der Waals surface area contributed by atoms with Crippen molar-refractivity contribution in [3.63, 3.8) is 0 Å². The van der Waals surface area contributed by atoms with E-state index in [-0.39, 0.29) is 18.9 Å². The predicted octanol–water partition coefficient (Wildman–Crippen LogP) is 4.82. The number of hydrogen-bond donors (Lipinski definition) is 2. The maximum atomic E-state index is 12.3. The van der Waals surface area contributed by atoms with Crippen molar-refractivity contribution in [1.82, 2.24) is 5.43 Å². The van der Waals surface area contributed by atoms with E-state index in [4.69, 9.17) is 27.9 Å². The fourth-order valence-electron chi connectivity index (χ4n) is 2.76. The zero-order valence-electron chi connectivity index (χ0n) is 16.7. The van der Waals surface area contributed by atoms with Crippen LogP contribution >= 0.6 is 23.2 Å². The van der Waals surface area contributed by atoms with Gasteiger partial charge in [-0.05, 0) is 57.0 Å². The van der Waals surface area contributed by atoms with Gasteiger partial charge in [-0.15, -0.1) is 0 Å². The summed E-state index contributed by atoms with van der Waals surface area (Å²) in [4.78, 5) is 24.2. The molecule has 2 rings (SSSR count). The van der Waals surface area contributed by atoms with Gasteiger partial charge >= 0.3 is 0 Å². The topological polar surface area (TPSA) is 79.8 Å². The monoisotopic (exact) mass is 435 g/mol. The van der Waals surface area contributed by atoms with E-state index in [1.54, 1.807) is 19.1 Å². The Morgan fingerprint density at radius 1 is 1.03 bits per heavy atom. The van der Waals surface area contributed by atoms with Crippen LogP contribution in [0.1, 0.15) is 30.0 Å². The highest BCUT2D eigenvalue weighted by molar-refractivity contribution is 6.35. The zero-order chi connectivity index (χ0) is 21.6. The number of hydrogen-bond acceptors (Lipinski definition) is 4. The van der Waals surface area contributed by atoms with E-state index in [9.17, 15) is 9.59 Å². The predicted molar refractivity (Wildman–Crippen MR) is 117 cm³/mol. The molecule has 0 atom stereocenters. The van der Waals surface area contributed by atoms with Gasteiger partial charge in [-0.2, -0.15) is 5.10 Å².